The van der Waals surface area contributed by atoms with Crippen molar-refractivity contribution in [3.8, 4) is 0 Å². The maximum atomic E-state index is 10.0. The van der Waals surface area contributed by atoms with Crippen LogP contribution in [0.2, 0.25) is 0 Å². The predicted octanol–water partition coefficient (Wildman–Crippen LogP) is 3.38. The van der Waals surface area contributed by atoms with E-state index >= 15 is 0 Å². The number of nitrogens with zero attached hydrogens (tertiary/aromatic N) is 1. The Bertz CT molecular complexity index is 345. The third kappa shape index (κ3) is 4.22. The van der Waals surface area contributed by atoms with Crippen molar-refractivity contribution in [2.75, 3.05) is 19.7 Å². The second-order valence-electron chi connectivity index (χ2n) is 8.08. The van der Waals surface area contributed by atoms with Gasteiger partial charge >= 0.3 is 0 Å². The van der Waals surface area contributed by atoms with Crippen molar-refractivity contribution in [3.05, 3.63) is 0 Å². The smallest absolute Gasteiger partial charge is 0.168 e. The molecule has 1 heterocycles. The number of rotatable bonds is 5. The van der Waals surface area contributed by atoms with Gasteiger partial charge in [0.15, 0.2) is 5.79 Å². The van der Waals surface area contributed by atoms with E-state index in [9.17, 15) is 5.11 Å². The molecule has 0 aromatic heterocycles. The summed E-state index contributed by atoms with van der Waals surface area (Å²) in [6.07, 6.45) is 4.85. The molecular weight excluding hydrogens is 278 g/mol. The first kappa shape index (κ1) is 18.2. The average molecular weight is 313 g/mol. The Kier molecular flexibility index (Phi) is 5.92. The Morgan fingerprint density at radius 3 is 2.36 bits per heavy atom. The van der Waals surface area contributed by atoms with Gasteiger partial charge in [0, 0.05) is 19.4 Å². The Balaban J connectivity index is 1.85. The quantitative estimate of drug-likeness (QED) is 0.790. The van der Waals surface area contributed by atoms with Crippen LogP contribution < -0.4 is 0 Å². The fourth-order valence-electron chi connectivity index (χ4n) is 3.87. The highest BCUT2D eigenvalue weighted by atomic mass is 16.7. The molecule has 1 saturated heterocycles. The highest BCUT2D eigenvalue weighted by Crippen LogP contribution is 2.45. The minimum Gasteiger partial charge on any atom is -0.378 e. The summed E-state index contributed by atoms with van der Waals surface area (Å²) in [5, 5.41) is 10.0. The molecule has 130 valence electrons. The molecule has 2 unspecified atom stereocenters. The van der Waals surface area contributed by atoms with Crippen molar-refractivity contribution in [1.82, 2.24) is 4.90 Å². The molecule has 0 bridgehead atoms. The fourth-order valence-corrected chi connectivity index (χ4v) is 3.87. The molecular formula is C18H35NO3. The van der Waals surface area contributed by atoms with E-state index in [1.54, 1.807) is 0 Å². The van der Waals surface area contributed by atoms with Crippen molar-refractivity contribution in [2.45, 2.75) is 84.8 Å². The van der Waals surface area contributed by atoms with Gasteiger partial charge in [-0.25, -0.2) is 0 Å². The largest absolute Gasteiger partial charge is 0.378 e. The lowest BCUT2D eigenvalue weighted by Gasteiger charge is -2.41. The van der Waals surface area contributed by atoms with Crippen LogP contribution in [0.5, 0.6) is 0 Å². The normalized spacial score (nSPS) is 34.5. The van der Waals surface area contributed by atoms with Crippen LogP contribution in [-0.4, -0.2) is 47.8 Å². The Morgan fingerprint density at radius 1 is 1.23 bits per heavy atom. The van der Waals surface area contributed by atoms with E-state index in [-0.39, 0.29) is 18.1 Å². The predicted molar refractivity (Wildman–Crippen MR) is 88.5 cm³/mol. The second kappa shape index (κ2) is 7.16. The third-order valence-electron chi connectivity index (χ3n) is 5.52. The number of hydrogen-bond donors (Lipinski definition) is 1. The second-order valence-corrected chi connectivity index (χ2v) is 8.08. The molecule has 4 nitrogen and oxygen atoms in total. The van der Waals surface area contributed by atoms with Gasteiger partial charge < -0.3 is 14.6 Å². The molecule has 2 rings (SSSR count). The molecule has 1 N–H and O–H groups in total. The van der Waals surface area contributed by atoms with Gasteiger partial charge in [-0.2, -0.15) is 0 Å². The van der Waals surface area contributed by atoms with Crippen molar-refractivity contribution in [2.24, 2.45) is 11.3 Å². The van der Waals surface area contributed by atoms with Crippen LogP contribution in [0.25, 0.3) is 0 Å². The van der Waals surface area contributed by atoms with E-state index in [2.05, 4.69) is 32.6 Å². The monoisotopic (exact) mass is 313 g/mol. The highest BCUT2D eigenvalue weighted by molar-refractivity contribution is 4.89. The van der Waals surface area contributed by atoms with E-state index in [0.717, 1.165) is 38.3 Å². The minimum atomic E-state index is -0.373. The maximum absolute atomic E-state index is 10.0. The zero-order chi connectivity index (χ0) is 16.4. The molecule has 0 radical (unpaired) electrons. The summed E-state index contributed by atoms with van der Waals surface area (Å²) in [6, 6.07) is 0. The van der Waals surface area contributed by atoms with Crippen LogP contribution in [0.1, 0.15) is 66.7 Å². The molecule has 1 spiro atoms. The number of aliphatic hydroxyl groups excluding tert-OH is 1. The lowest BCUT2D eigenvalue weighted by Crippen LogP contribution is -2.43. The van der Waals surface area contributed by atoms with Crippen molar-refractivity contribution in [3.63, 3.8) is 0 Å². The van der Waals surface area contributed by atoms with Gasteiger partial charge in [0.05, 0.1) is 12.7 Å². The molecule has 0 amide bonds. The van der Waals surface area contributed by atoms with Gasteiger partial charge in [-0.3, -0.25) is 4.90 Å². The van der Waals surface area contributed by atoms with Crippen LogP contribution in [0, 0.1) is 11.3 Å². The summed E-state index contributed by atoms with van der Waals surface area (Å²) >= 11 is 0. The van der Waals surface area contributed by atoms with Gasteiger partial charge in [-0.1, -0.05) is 34.6 Å². The third-order valence-corrected chi connectivity index (χ3v) is 5.52. The molecule has 1 aliphatic heterocycles. The Labute approximate surface area is 136 Å². The van der Waals surface area contributed by atoms with Crippen LogP contribution in [-0.2, 0) is 9.47 Å². The summed E-state index contributed by atoms with van der Waals surface area (Å²) in [5.41, 5.74) is 0.379. The summed E-state index contributed by atoms with van der Waals surface area (Å²) in [4.78, 5) is 2.08. The maximum Gasteiger partial charge on any atom is 0.168 e. The van der Waals surface area contributed by atoms with Crippen LogP contribution >= 0.6 is 0 Å². The van der Waals surface area contributed by atoms with Gasteiger partial charge in [0.2, 0.25) is 0 Å². The van der Waals surface area contributed by atoms with E-state index in [0.29, 0.717) is 12.0 Å². The van der Waals surface area contributed by atoms with E-state index in [4.69, 9.17) is 9.47 Å². The van der Waals surface area contributed by atoms with Crippen LogP contribution in [0.4, 0.5) is 0 Å². The summed E-state index contributed by atoms with van der Waals surface area (Å²) < 4.78 is 12.4. The Morgan fingerprint density at radius 2 is 1.86 bits per heavy atom. The van der Waals surface area contributed by atoms with Gasteiger partial charge in [-0.05, 0) is 37.1 Å². The molecule has 1 saturated carbocycles. The first-order valence-corrected chi connectivity index (χ1v) is 9.03. The number of hydrogen-bond acceptors (Lipinski definition) is 4. The molecule has 2 fully saturated rings. The van der Waals surface area contributed by atoms with Gasteiger partial charge in [0.1, 0.15) is 6.23 Å². The first-order valence-electron chi connectivity index (χ1n) is 9.03. The molecule has 4 heteroatoms. The topological polar surface area (TPSA) is 41.9 Å². The van der Waals surface area contributed by atoms with Crippen LogP contribution in [0.15, 0.2) is 0 Å². The summed E-state index contributed by atoms with van der Waals surface area (Å²) in [7, 11) is 0. The summed E-state index contributed by atoms with van der Waals surface area (Å²) in [5.74, 6) is 0.418. The SMILES string of the molecule is CCC(O)N(CC)CC1COC2(CCC(C(C)(C)C)CC2)O1. The number of ether oxygens (including phenoxy) is 2. The summed E-state index contributed by atoms with van der Waals surface area (Å²) in [6.45, 7) is 13.4. The number of aliphatic hydroxyl groups is 1. The van der Waals surface area contributed by atoms with E-state index in [1.165, 1.54) is 12.8 Å². The fraction of sp³-hybridized carbons (Fsp3) is 1.00. The average Bonchev–Trinajstić information content (AvgIpc) is 2.86. The zero-order valence-corrected chi connectivity index (χ0v) is 15.1. The molecule has 1 aliphatic carbocycles. The zero-order valence-electron chi connectivity index (χ0n) is 15.1. The number of likely N-dealkylation sites (N-methyl/N-ethyl adjacent to an activating group) is 1. The van der Waals surface area contributed by atoms with Crippen LogP contribution in [0.3, 0.4) is 0 Å². The van der Waals surface area contributed by atoms with E-state index in [1.807, 2.05) is 6.92 Å². The van der Waals surface area contributed by atoms with Crippen molar-refractivity contribution < 1.29 is 14.6 Å². The van der Waals surface area contributed by atoms with E-state index < -0.39 is 0 Å². The molecule has 2 aliphatic rings. The van der Waals surface area contributed by atoms with Crippen molar-refractivity contribution >= 4 is 0 Å². The minimum absolute atomic E-state index is 0.0901. The molecule has 22 heavy (non-hydrogen) atoms. The highest BCUT2D eigenvalue weighted by Gasteiger charge is 2.46. The van der Waals surface area contributed by atoms with Crippen molar-refractivity contribution in [1.29, 1.82) is 0 Å². The molecule has 2 atom stereocenters. The van der Waals surface area contributed by atoms with Gasteiger partial charge in [-0.15, -0.1) is 0 Å². The lowest BCUT2D eigenvalue weighted by molar-refractivity contribution is -0.199. The first-order chi connectivity index (χ1) is 10.3. The van der Waals surface area contributed by atoms with Gasteiger partial charge in [0.25, 0.3) is 0 Å². The lowest BCUT2D eigenvalue weighted by atomic mass is 9.71. The molecule has 0 aromatic rings. The Hall–Kier alpha value is -0.160. The standard InChI is InChI=1S/C18H35NO3/c1-6-16(20)19(7-2)12-15-13-21-18(22-15)10-8-14(9-11-18)17(3,4)5/h14-16,20H,6-13H2,1-5H3. The molecule has 0 aromatic carbocycles.